The smallest absolute Gasteiger partial charge is 0.410 e. The van der Waals surface area contributed by atoms with E-state index in [1.165, 1.54) is 23.3 Å². The maximum absolute atomic E-state index is 13.2. The minimum Gasteiger partial charge on any atom is -0.439 e. The van der Waals surface area contributed by atoms with Crippen molar-refractivity contribution in [2.45, 2.75) is 19.2 Å². The second-order valence-corrected chi connectivity index (χ2v) is 8.55. The molecule has 2 aliphatic heterocycles. The van der Waals surface area contributed by atoms with Crippen LogP contribution in [0.5, 0.6) is 0 Å². The maximum atomic E-state index is 13.2. The highest BCUT2D eigenvalue weighted by Gasteiger charge is 2.32. The molecule has 0 aromatic heterocycles. The molecule has 0 spiro atoms. The Morgan fingerprint density at radius 2 is 1.61 bits per heavy atom. The van der Waals surface area contributed by atoms with Crippen molar-refractivity contribution in [3.63, 3.8) is 0 Å². The largest absolute Gasteiger partial charge is 0.439 e. The lowest BCUT2D eigenvalue weighted by Crippen LogP contribution is -2.35. The highest BCUT2D eigenvalue weighted by Crippen LogP contribution is 2.29. The van der Waals surface area contributed by atoms with Gasteiger partial charge in [-0.1, -0.05) is 60.7 Å². The molecule has 1 unspecified atom stereocenters. The third-order valence-electron chi connectivity index (χ3n) is 6.28. The number of carbonyl (C=O) groups is 1. The molecule has 0 N–H and O–H groups in total. The fraction of sp³-hybridized carbons (Fsp3) is 0.296. The van der Waals surface area contributed by atoms with E-state index < -0.39 is 0 Å². The molecular weight excluding hydrogens is 419 g/mol. The molecule has 33 heavy (non-hydrogen) atoms. The zero-order valence-corrected chi connectivity index (χ0v) is 18.5. The Labute approximate surface area is 193 Å². The number of rotatable bonds is 6. The first-order valence-electron chi connectivity index (χ1n) is 11.3. The highest BCUT2D eigenvalue weighted by atomic mass is 19.1. The first-order chi connectivity index (χ1) is 16.2. The molecule has 3 aromatic carbocycles. The van der Waals surface area contributed by atoms with E-state index in [1.807, 2.05) is 0 Å². The topological polar surface area (TPSA) is 42.0 Å². The summed E-state index contributed by atoms with van der Waals surface area (Å²) >= 11 is 0. The van der Waals surface area contributed by atoms with Crippen molar-refractivity contribution in [2.24, 2.45) is 0 Å². The lowest BCUT2D eigenvalue weighted by atomic mass is 9.98. The first kappa shape index (κ1) is 21.6. The summed E-state index contributed by atoms with van der Waals surface area (Å²) in [6, 6.07) is 23.0. The number of halogens is 1. The van der Waals surface area contributed by atoms with Gasteiger partial charge in [0.15, 0.2) is 0 Å². The van der Waals surface area contributed by atoms with Crippen LogP contribution in [0.1, 0.15) is 22.8 Å². The molecule has 2 fully saturated rings. The fourth-order valence-electron chi connectivity index (χ4n) is 4.44. The standard InChI is InChI=1S/C27H27FN2O3/c28-24-11-9-22(10-12-24)26-19-30(27(31)33-26)17-20-5-7-21(8-6-20)25-4-2-1-3-23(25)18-29-13-15-32-16-14-29/h1-12,26H,13-19H2. The molecule has 1 atom stereocenters. The fourth-order valence-corrected chi connectivity index (χ4v) is 4.44. The van der Waals surface area contributed by atoms with E-state index in [0.29, 0.717) is 13.1 Å². The first-order valence-corrected chi connectivity index (χ1v) is 11.3. The number of hydrogen-bond acceptors (Lipinski definition) is 4. The van der Waals surface area contributed by atoms with Crippen LogP contribution in [0.3, 0.4) is 0 Å². The second kappa shape index (κ2) is 9.73. The van der Waals surface area contributed by atoms with Crippen LogP contribution in [0, 0.1) is 5.82 Å². The van der Waals surface area contributed by atoms with Crippen molar-refractivity contribution < 1.29 is 18.7 Å². The summed E-state index contributed by atoms with van der Waals surface area (Å²) in [5.41, 5.74) is 5.54. The Hall–Kier alpha value is -3.22. The van der Waals surface area contributed by atoms with Crippen LogP contribution >= 0.6 is 0 Å². The van der Waals surface area contributed by atoms with Gasteiger partial charge >= 0.3 is 6.09 Å². The van der Waals surface area contributed by atoms with Gasteiger partial charge < -0.3 is 9.47 Å². The molecule has 1 amide bonds. The van der Waals surface area contributed by atoms with E-state index in [4.69, 9.17) is 9.47 Å². The normalized spacial score (nSPS) is 19.0. The van der Waals surface area contributed by atoms with Gasteiger partial charge in [0.25, 0.3) is 0 Å². The van der Waals surface area contributed by atoms with Crippen LogP contribution in [0.4, 0.5) is 9.18 Å². The van der Waals surface area contributed by atoms with Crippen LogP contribution < -0.4 is 0 Å². The van der Waals surface area contributed by atoms with Crippen molar-refractivity contribution >= 4 is 6.09 Å². The molecule has 0 saturated carbocycles. The number of hydrogen-bond donors (Lipinski definition) is 0. The van der Waals surface area contributed by atoms with Gasteiger partial charge in [-0.25, -0.2) is 9.18 Å². The molecule has 2 heterocycles. The van der Waals surface area contributed by atoms with Gasteiger partial charge in [-0.3, -0.25) is 9.80 Å². The van der Waals surface area contributed by atoms with E-state index in [0.717, 1.165) is 49.5 Å². The molecule has 5 nitrogen and oxygen atoms in total. The Morgan fingerprint density at radius 3 is 2.36 bits per heavy atom. The van der Waals surface area contributed by atoms with Crippen LogP contribution in [0.15, 0.2) is 72.8 Å². The molecule has 170 valence electrons. The van der Waals surface area contributed by atoms with Crippen molar-refractivity contribution in [3.05, 3.63) is 95.3 Å². The number of ether oxygens (including phenoxy) is 2. The van der Waals surface area contributed by atoms with Gasteiger partial charge in [-0.05, 0) is 39.9 Å². The van der Waals surface area contributed by atoms with E-state index in [2.05, 4.69) is 53.4 Å². The summed E-state index contributed by atoms with van der Waals surface area (Å²) in [6.07, 6.45) is -0.714. The van der Waals surface area contributed by atoms with Gasteiger partial charge in [-0.2, -0.15) is 0 Å². The Morgan fingerprint density at radius 1 is 0.879 bits per heavy atom. The van der Waals surface area contributed by atoms with E-state index in [1.54, 1.807) is 17.0 Å². The monoisotopic (exact) mass is 446 g/mol. The van der Waals surface area contributed by atoms with Crippen LogP contribution in [0.2, 0.25) is 0 Å². The molecule has 0 aliphatic carbocycles. The van der Waals surface area contributed by atoms with Gasteiger partial charge in [0.1, 0.15) is 11.9 Å². The second-order valence-electron chi connectivity index (χ2n) is 8.55. The molecule has 5 rings (SSSR count). The number of cyclic esters (lactones) is 1. The lowest BCUT2D eigenvalue weighted by Gasteiger charge is -2.27. The van der Waals surface area contributed by atoms with Crippen molar-refractivity contribution in [2.75, 3.05) is 32.8 Å². The number of carbonyl (C=O) groups excluding carboxylic acids is 1. The quantitative estimate of drug-likeness (QED) is 0.533. The van der Waals surface area contributed by atoms with Crippen LogP contribution in [-0.2, 0) is 22.6 Å². The van der Waals surface area contributed by atoms with Crippen LogP contribution in [-0.4, -0.2) is 48.7 Å². The third kappa shape index (κ3) is 5.07. The summed E-state index contributed by atoms with van der Waals surface area (Å²) in [6.45, 7) is 5.33. The average Bonchev–Trinajstić information content (AvgIpc) is 3.21. The molecule has 2 saturated heterocycles. The zero-order valence-electron chi connectivity index (χ0n) is 18.5. The zero-order chi connectivity index (χ0) is 22.6. The summed E-state index contributed by atoms with van der Waals surface area (Å²) in [4.78, 5) is 16.5. The van der Waals surface area contributed by atoms with Gasteiger partial charge in [0.05, 0.1) is 19.8 Å². The number of morpholine rings is 1. The molecule has 0 radical (unpaired) electrons. The Kier molecular flexibility index (Phi) is 6.37. The molecule has 6 heteroatoms. The molecular formula is C27H27FN2O3. The molecule has 2 aliphatic rings. The number of amides is 1. The Bertz CT molecular complexity index is 1100. The lowest BCUT2D eigenvalue weighted by molar-refractivity contribution is 0.0342. The third-order valence-corrected chi connectivity index (χ3v) is 6.28. The summed E-state index contributed by atoms with van der Waals surface area (Å²) in [5.74, 6) is -0.300. The predicted octanol–water partition coefficient (Wildman–Crippen LogP) is 5.02. The van der Waals surface area contributed by atoms with Crippen molar-refractivity contribution in [1.82, 2.24) is 9.80 Å². The van der Waals surface area contributed by atoms with Crippen molar-refractivity contribution in [1.29, 1.82) is 0 Å². The summed E-state index contributed by atoms with van der Waals surface area (Å²) in [5, 5.41) is 0. The van der Waals surface area contributed by atoms with Crippen LogP contribution in [0.25, 0.3) is 11.1 Å². The van der Waals surface area contributed by atoms with Gasteiger partial charge in [-0.15, -0.1) is 0 Å². The minimum absolute atomic E-state index is 0.300. The van der Waals surface area contributed by atoms with Gasteiger partial charge in [0.2, 0.25) is 0 Å². The van der Waals surface area contributed by atoms with E-state index >= 15 is 0 Å². The highest BCUT2D eigenvalue weighted by molar-refractivity contribution is 5.71. The average molecular weight is 447 g/mol. The molecule has 0 bridgehead atoms. The summed E-state index contributed by atoms with van der Waals surface area (Å²) in [7, 11) is 0. The Balaban J connectivity index is 1.26. The van der Waals surface area contributed by atoms with E-state index in [-0.39, 0.29) is 18.0 Å². The SMILES string of the molecule is O=C1OC(c2ccc(F)cc2)CN1Cc1ccc(-c2ccccc2CN2CCOCC2)cc1. The van der Waals surface area contributed by atoms with Gasteiger partial charge in [0, 0.05) is 26.2 Å². The van der Waals surface area contributed by atoms with E-state index in [9.17, 15) is 9.18 Å². The number of benzene rings is 3. The minimum atomic E-state index is -0.371. The molecule has 3 aromatic rings. The predicted molar refractivity (Wildman–Crippen MR) is 124 cm³/mol. The number of nitrogens with zero attached hydrogens (tertiary/aromatic N) is 2. The summed E-state index contributed by atoms with van der Waals surface area (Å²) < 4.78 is 24.2. The maximum Gasteiger partial charge on any atom is 0.410 e. The van der Waals surface area contributed by atoms with Crippen molar-refractivity contribution in [3.8, 4) is 11.1 Å².